The van der Waals surface area contributed by atoms with Gasteiger partial charge in [0, 0.05) is 24.7 Å². The quantitative estimate of drug-likeness (QED) is 0.785. The Morgan fingerprint density at radius 2 is 1.97 bits per heavy atom. The summed E-state index contributed by atoms with van der Waals surface area (Å²) in [5, 5.41) is 13.9. The number of likely N-dealkylation sites (tertiary alicyclic amines) is 1. The Labute approximate surface area is 172 Å². The van der Waals surface area contributed by atoms with Gasteiger partial charge in [-0.25, -0.2) is 0 Å². The molecule has 2 aromatic rings. The van der Waals surface area contributed by atoms with E-state index in [-0.39, 0.29) is 0 Å². The van der Waals surface area contributed by atoms with Crippen molar-refractivity contribution in [3.8, 4) is 6.07 Å². The van der Waals surface area contributed by atoms with Crippen molar-refractivity contribution in [1.29, 1.82) is 5.26 Å². The van der Waals surface area contributed by atoms with E-state index in [1.165, 1.54) is 32.4 Å². The van der Waals surface area contributed by atoms with Gasteiger partial charge in [-0.1, -0.05) is 11.2 Å². The Bertz CT molecular complexity index is 913. The van der Waals surface area contributed by atoms with Crippen molar-refractivity contribution in [1.82, 2.24) is 20.0 Å². The number of nitrogens with zero attached hydrogens (tertiary/aromatic N) is 5. The van der Waals surface area contributed by atoms with Gasteiger partial charge in [0.05, 0.1) is 17.2 Å². The predicted octanol–water partition coefficient (Wildman–Crippen LogP) is 4.06. The number of hydrogen-bond donors (Lipinski definition) is 0. The largest absolute Gasteiger partial charge is 0.339 e. The van der Waals surface area contributed by atoms with Crippen LogP contribution in [0.15, 0.2) is 22.9 Å². The first-order valence-electron chi connectivity index (χ1n) is 10.9. The monoisotopic (exact) mass is 391 g/mol. The van der Waals surface area contributed by atoms with Gasteiger partial charge in [-0.05, 0) is 82.4 Å². The smallest absolute Gasteiger partial charge is 0.229 e. The third kappa shape index (κ3) is 3.26. The van der Waals surface area contributed by atoms with Crippen LogP contribution < -0.4 is 0 Å². The molecule has 0 aromatic carbocycles. The van der Waals surface area contributed by atoms with Crippen LogP contribution in [0.2, 0.25) is 0 Å². The van der Waals surface area contributed by atoms with Crippen LogP contribution in [-0.2, 0) is 5.41 Å². The normalized spacial score (nSPS) is 34.8. The average Bonchev–Trinajstić information content (AvgIpc) is 3.34. The highest BCUT2D eigenvalue weighted by atomic mass is 16.5. The molecular weight excluding hydrogens is 362 g/mol. The second-order valence-corrected chi connectivity index (χ2v) is 9.65. The number of nitriles is 1. The van der Waals surface area contributed by atoms with Crippen LogP contribution in [-0.4, -0.2) is 39.2 Å². The number of hydrogen-bond acceptors (Lipinski definition) is 6. The van der Waals surface area contributed by atoms with Gasteiger partial charge in [0.2, 0.25) is 5.89 Å². The van der Waals surface area contributed by atoms with Crippen molar-refractivity contribution in [2.75, 3.05) is 13.1 Å². The standard InChI is InChI=1S/C23H29N5O/c1-16-3-4-20(25-13-16)23(14-24)7-5-19(6-8-23)28-10-9-22(15-28)11-18(12-22)21-26-17(2)27-29-21/h3-4,13,18-19H,5-12,15H2,1-2H3. The van der Waals surface area contributed by atoms with Gasteiger partial charge in [0.25, 0.3) is 0 Å². The van der Waals surface area contributed by atoms with Gasteiger partial charge < -0.3 is 4.52 Å². The lowest BCUT2D eigenvalue weighted by molar-refractivity contribution is 0.0722. The molecule has 0 N–H and O–H groups in total. The molecule has 29 heavy (non-hydrogen) atoms. The van der Waals surface area contributed by atoms with Gasteiger partial charge >= 0.3 is 0 Å². The first-order valence-corrected chi connectivity index (χ1v) is 10.9. The molecule has 0 atom stereocenters. The lowest BCUT2D eigenvalue weighted by Crippen LogP contribution is -2.44. The van der Waals surface area contributed by atoms with Crippen LogP contribution >= 0.6 is 0 Å². The molecule has 3 heterocycles. The van der Waals surface area contributed by atoms with Crippen molar-refractivity contribution in [3.05, 3.63) is 41.3 Å². The number of aromatic nitrogens is 3. The number of pyridine rings is 1. The molecule has 2 saturated carbocycles. The molecule has 2 aliphatic carbocycles. The Morgan fingerprint density at radius 3 is 2.59 bits per heavy atom. The van der Waals surface area contributed by atoms with Crippen LogP contribution in [0.4, 0.5) is 0 Å². The van der Waals surface area contributed by atoms with Gasteiger partial charge in [0.1, 0.15) is 0 Å². The van der Waals surface area contributed by atoms with Crippen LogP contribution in [0.1, 0.15) is 73.8 Å². The summed E-state index contributed by atoms with van der Waals surface area (Å²) in [5.41, 5.74) is 2.14. The van der Waals surface area contributed by atoms with Crippen molar-refractivity contribution in [3.63, 3.8) is 0 Å². The SMILES string of the molecule is Cc1ccc(C2(C#N)CCC(N3CCC4(CC(c5nc(C)no5)C4)C3)CC2)nc1. The second kappa shape index (κ2) is 6.91. The predicted molar refractivity (Wildman–Crippen MR) is 108 cm³/mol. The van der Waals surface area contributed by atoms with Gasteiger partial charge in [0.15, 0.2) is 5.82 Å². The molecule has 0 unspecified atom stereocenters. The zero-order chi connectivity index (χ0) is 20.1. The summed E-state index contributed by atoms with van der Waals surface area (Å²) >= 11 is 0. The first kappa shape index (κ1) is 18.7. The molecule has 152 valence electrons. The maximum absolute atomic E-state index is 9.96. The highest BCUT2D eigenvalue weighted by Gasteiger charge is 2.52. The minimum Gasteiger partial charge on any atom is -0.339 e. The molecule has 3 fully saturated rings. The van der Waals surface area contributed by atoms with Crippen LogP contribution in [0, 0.1) is 30.6 Å². The summed E-state index contributed by atoms with van der Waals surface area (Å²) in [4.78, 5) is 11.7. The lowest BCUT2D eigenvalue weighted by Gasteiger charge is -2.45. The van der Waals surface area contributed by atoms with E-state index in [0.29, 0.717) is 17.4 Å². The third-order valence-electron chi connectivity index (χ3n) is 7.66. The topological polar surface area (TPSA) is 78.8 Å². The summed E-state index contributed by atoms with van der Waals surface area (Å²) in [6, 6.07) is 7.36. The minimum atomic E-state index is -0.404. The Kier molecular flexibility index (Phi) is 4.47. The molecule has 2 aromatic heterocycles. The van der Waals surface area contributed by atoms with E-state index in [9.17, 15) is 5.26 Å². The summed E-state index contributed by atoms with van der Waals surface area (Å²) in [6.07, 6.45) is 9.52. The zero-order valence-electron chi connectivity index (χ0n) is 17.4. The summed E-state index contributed by atoms with van der Waals surface area (Å²) in [6.45, 7) is 6.29. The fourth-order valence-corrected chi connectivity index (χ4v) is 5.89. The van der Waals surface area contributed by atoms with E-state index in [2.05, 4.69) is 38.2 Å². The Balaban J connectivity index is 1.19. The molecule has 0 radical (unpaired) electrons. The fraction of sp³-hybridized carbons (Fsp3) is 0.652. The highest BCUT2D eigenvalue weighted by molar-refractivity contribution is 5.29. The average molecular weight is 392 g/mol. The van der Waals surface area contributed by atoms with Crippen LogP contribution in [0.3, 0.4) is 0 Å². The van der Waals surface area contributed by atoms with E-state index >= 15 is 0 Å². The molecule has 6 nitrogen and oxygen atoms in total. The number of rotatable bonds is 3. The maximum atomic E-state index is 9.96. The Morgan fingerprint density at radius 1 is 1.17 bits per heavy atom. The second-order valence-electron chi connectivity index (χ2n) is 9.65. The van der Waals surface area contributed by atoms with Crippen molar-refractivity contribution in [2.45, 2.75) is 76.2 Å². The van der Waals surface area contributed by atoms with Crippen molar-refractivity contribution in [2.24, 2.45) is 5.41 Å². The maximum Gasteiger partial charge on any atom is 0.229 e. The van der Waals surface area contributed by atoms with E-state index in [1.54, 1.807) is 0 Å². The molecule has 1 spiro atoms. The summed E-state index contributed by atoms with van der Waals surface area (Å²) in [7, 11) is 0. The molecule has 3 aliphatic rings. The third-order valence-corrected chi connectivity index (χ3v) is 7.66. The molecule has 1 saturated heterocycles. The molecule has 1 aliphatic heterocycles. The van der Waals surface area contributed by atoms with Crippen LogP contribution in [0.25, 0.3) is 0 Å². The van der Waals surface area contributed by atoms with Crippen LogP contribution in [0.5, 0.6) is 0 Å². The fourth-order valence-electron chi connectivity index (χ4n) is 5.89. The van der Waals surface area contributed by atoms with Crippen molar-refractivity contribution < 1.29 is 4.52 Å². The highest BCUT2D eigenvalue weighted by Crippen LogP contribution is 2.56. The summed E-state index contributed by atoms with van der Waals surface area (Å²) in [5.74, 6) is 2.01. The van der Waals surface area contributed by atoms with Gasteiger partial charge in [-0.15, -0.1) is 0 Å². The molecule has 0 amide bonds. The molecular formula is C23H29N5O. The zero-order valence-corrected chi connectivity index (χ0v) is 17.4. The van der Waals surface area contributed by atoms with Crippen molar-refractivity contribution >= 4 is 0 Å². The minimum absolute atomic E-state index is 0.404. The first-order chi connectivity index (χ1) is 14.0. The van der Waals surface area contributed by atoms with E-state index in [0.717, 1.165) is 48.7 Å². The molecule has 6 heteroatoms. The summed E-state index contributed by atoms with van der Waals surface area (Å²) < 4.78 is 5.39. The molecule has 0 bridgehead atoms. The number of aryl methyl sites for hydroxylation is 2. The van der Waals surface area contributed by atoms with E-state index in [4.69, 9.17) is 4.52 Å². The molecule has 5 rings (SSSR count). The van der Waals surface area contributed by atoms with E-state index in [1.807, 2.05) is 20.0 Å². The van der Waals surface area contributed by atoms with Gasteiger partial charge in [-0.3, -0.25) is 9.88 Å². The van der Waals surface area contributed by atoms with Gasteiger partial charge in [-0.2, -0.15) is 10.2 Å². The Hall–Kier alpha value is -2.26. The van der Waals surface area contributed by atoms with E-state index < -0.39 is 5.41 Å². The lowest BCUT2D eigenvalue weighted by atomic mass is 9.61.